The Balaban J connectivity index is 1.41. The number of nitrogens with zero attached hydrogens (tertiary/aromatic N) is 5. The van der Waals surface area contributed by atoms with Gasteiger partial charge in [0.25, 0.3) is 0 Å². The average Bonchev–Trinajstić information content (AvgIpc) is 3.01. The molecule has 0 saturated carbocycles. The Kier molecular flexibility index (Phi) is 4.94. The molecule has 4 heterocycles. The summed E-state index contributed by atoms with van der Waals surface area (Å²) in [7, 11) is 0. The molecule has 0 bridgehead atoms. The molecular weight excluding hydrogens is 393 g/mol. The minimum Gasteiger partial charge on any atom is -0.479 e. The molecular formula is C17H17Cl2N5OS. The summed E-state index contributed by atoms with van der Waals surface area (Å²) in [6.45, 7) is 4.41. The van der Waals surface area contributed by atoms with E-state index in [1.165, 1.54) is 11.8 Å². The van der Waals surface area contributed by atoms with Gasteiger partial charge < -0.3 is 9.64 Å². The second-order valence-electron chi connectivity index (χ2n) is 6.36. The Hall–Kier alpha value is -1.57. The van der Waals surface area contributed by atoms with Gasteiger partial charge in [-0.05, 0) is 18.9 Å². The second kappa shape index (κ2) is 7.21. The maximum absolute atomic E-state index is 6.17. The lowest BCUT2D eigenvalue weighted by atomic mass is 9.89. The Morgan fingerprint density at radius 2 is 1.96 bits per heavy atom. The van der Waals surface area contributed by atoms with Crippen molar-refractivity contribution >= 4 is 46.7 Å². The predicted molar refractivity (Wildman–Crippen MR) is 104 cm³/mol. The molecule has 0 radical (unpaired) electrons. The fraction of sp³-hybridized carbons (Fsp3) is 0.412. The molecule has 26 heavy (non-hydrogen) atoms. The average molecular weight is 410 g/mol. The summed E-state index contributed by atoms with van der Waals surface area (Å²) >= 11 is 13.5. The SMILES string of the molecule is CC1=NC2(CCN(c3cnc(Sc4ccnc(Cl)c4Cl)cn3)CC2)CO1. The maximum Gasteiger partial charge on any atom is 0.180 e. The van der Waals surface area contributed by atoms with Crippen LogP contribution in [-0.2, 0) is 4.74 Å². The van der Waals surface area contributed by atoms with Gasteiger partial charge in [-0.2, -0.15) is 0 Å². The van der Waals surface area contributed by atoms with Gasteiger partial charge in [-0.25, -0.2) is 19.9 Å². The third-order valence-electron chi connectivity index (χ3n) is 4.60. The smallest absolute Gasteiger partial charge is 0.180 e. The third kappa shape index (κ3) is 3.61. The molecule has 2 aromatic rings. The van der Waals surface area contributed by atoms with Gasteiger partial charge in [0.2, 0.25) is 0 Å². The zero-order valence-electron chi connectivity index (χ0n) is 14.2. The molecule has 4 rings (SSSR count). The lowest BCUT2D eigenvalue weighted by Crippen LogP contribution is -2.44. The molecule has 0 atom stereocenters. The lowest BCUT2D eigenvalue weighted by Gasteiger charge is -2.36. The second-order valence-corrected chi connectivity index (χ2v) is 8.16. The number of ether oxygens (including phenoxy) is 1. The van der Waals surface area contributed by atoms with Crippen molar-refractivity contribution in [1.29, 1.82) is 0 Å². The first-order chi connectivity index (χ1) is 12.5. The van der Waals surface area contributed by atoms with Crippen LogP contribution < -0.4 is 4.90 Å². The fourth-order valence-corrected chi connectivity index (χ4v) is 4.36. The molecule has 6 nitrogen and oxygen atoms in total. The third-order valence-corrected chi connectivity index (χ3v) is 6.46. The molecule has 9 heteroatoms. The van der Waals surface area contributed by atoms with Crippen LogP contribution in [0.5, 0.6) is 0 Å². The Labute approximate surface area is 166 Å². The first-order valence-corrected chi connectivity index (χ1v) is 9.86. The number of aromatic nitrogens is 3. The van der Waals surface area contributed by atoms with Gasteiger partial charge in [0.15, 0.2) is 5.90 Å². The van der Waals surface area contributed by atoms with Crippen molar-refractivity contribution in [3.8, 4) is 0 Å². The topological polar surface area (TPSA) is 63.5 Å². The van der Waals surface area contributed by atoms with Crippen LogP contribution in [0.25, 0.3) is 0 Å². The van der Waals surface area contributed by atoms with E-state index in [2.05, 4.69) is 24.8 Å². The van der Waals surface area contributed by atoms with Crippen LogP contribution in [0.2, 0.25) is 10.2 Å². The van der Waals surface area contributed by atoms with Crippen LogP contribution >= 0.6 is 35.0 Å². The van der Waals surface area contributed by atoms with Crippen LogP contribution in [0.1, 0.15) is 19.8 Å². The van der Waals surface area contributed by atoms with E-state index < -0.39 is 0 Å². The minimum atomic E-state index is -0.0405. The lowest BCUT2D eigenvalue weighted by molar-refractivity contribution is 0.222. The molecule has 1 saturated heterocycles. The zero-order chi connectivity index (χ0) is 18.1. The van der Waals surface area contributed by atoms with E-state index in [9.17, 15) is 0 Å². The first kappa shape index (κ1) is 17.8. The number of piperidine rings is 1. The van der Waals surface area contributed by atoms with Gasteiger partial charge in [0.05, 0.1) is 17.4 Å². The molecule has 1 spiro atoms. The molecule has 2 aliphatic heterocycles. The number of pyridine rings is 1. The highest BCUT2D eigenvalue weighted by Crippen LogP contribution is 2.36. The molecule has 0 N–H and O–H groups in total. The molecule has 0 unspecified atom stereocenters. The summed E-state index contributed by atoms with van der Waals surface area (Å²) < 4.78 is 5.55. The zero-order valence-corrected chi connectivity index (χ0v) is 16.5. The standard InChI is InChI=1S/C17H17Cl2N5OS/c1-11-23-17(10-25-11)3-6-24(7-4-17)13-8-22-14(9-21-13)26-12-2-5-20-16(19)15(12)18/h2,5,8-9H,3-4,6-7,10H2,1H3. The number of halogens is 2. The van der Waals surface area contributed by atoms with E-state index in [4.69, 9.17) is 27.9 Å². The number of aliphatic imine (C=N–C) groups is 1. The molecule has 0 aliphatic carbocycles. The molecule has 2 aromatic heterocycles. The van der Waals surface area contributed by atoms with Crippen LogP contribution in [0, 0.1) is 0 Å². The molecule has 0 aromatic carbocycles. The van der Waals surface area contributed by atoms with Gasteiger partial charge in [-0.3, -0.25) is 0 Å². The first-order valence-electron chi connectivity index (χ1n) is 8.29. The van der Waals surface area contributed by atoms with Crippen molar-refractivity contribution in [2.24, 2.45) is 4.99 Å². The Morgan fingerprint density at radius 1 is 1.15 bits per heavy atom. The number of anilines is 1. The van der Waals surface area contributed by atoms with Crippen molar-refractivity contribution < 1.29 is 4.74 Å². The Bertz CT molecular complexity index is 838. The van der Waals surface area contributed by atoms with Gasteiger partial charge in [-0.1, -0.05) is 35.0 Å². The molecule has 0 amide bonds. The van der Waals surface area contributed by atoms with Crippen molar-refractivity contribution in [3.63, 3.8) is 0 Å². The van der Waals surface area contributed by atoms with Crippen molar-refractivity contribution in [2.75, 3.05) is 24.6 Å². The van der Waals surface area contributed by atoms with E-state index in [0.717, 1.165) is 47.6 Å². The highest BCUT2D eigenvalue weighted by Gasteiger charge is 2.39. The summed E-state index contributed by atoms with van der Waals surface area (Å²) in [6.07, 6.45) is 7.12. The van der Waals surface area contributed by atoms with E-state index in [-0.39, 0.29) is 10.7 Å². The number of hydrogen-bond acceptors (Lipinski definition) is 7. The van der Waals surface area contributed by atoms with Gasteiger partial charge in [0, 0.05) is 31.1 Å². The largest absolute Gasteiger partial charge is 0.479 e. The predicted octanol–water partition coefficient (Wildman–Crippen LogP) is 4.12. The van der Waals surface area contributed by atoms with Crippen LogP contribution in [0.4, 0.5) is 5.82 Å². The summed E-state index contributed by atoms with van der Waals surface area (Å²) in [5.74, 6) is 1.68. The normalized spacial score (nSPS) is 18.7. The van der Waals surface area contributed by atoms with Gasteiger partial charge >= 0.3 is 0 Å². The van der Waals surface area contributed by atoms with E-state index in [1.54, 1.807) is 18.6 Å². The van der Waals surface area contributed by atoms with Crippen LogP contribution in [-0.4, -0.2) is 46.1 Å². The van der Waals surface area contributed by atoms with Crippen molar-refractivity contribution in [3.05, 3.63) is 34.8 Å². The summed E-state index contributed by atoms with van der Waals surface area (Å²) in [5, 5.41) is 1.48. The number of hydrogen-bond donors (Lipinski definition) is 0. The van der Waals surface area contributed by atoms with Crippen molar-refractivity contribution in [2.45, 2.75) is 35.2 Å². The summed E-state index contributed by atoms with van der Waals surface area (Å²) in [4.78, 5) is 20.8. The quantitative estimate of drug-likeness (QED) is 0.710. The van der Waals surface area contributed by atoms with E-state index >= 15 is 0 Å². The summed E-state index contributed by atoms with van der Waals surface area (Å²) in [5.41, 5.74) is -0.0405. The van der Waals surface area contributed by atoms with Gasteiger partial charge in [-0.15, -0.1) is 0 Å². The fourth-order valence-electron chi connectivity index (χ4n) is 3.16. The maximum atomic E-state index is 6.17. The van der Waals surface area contributed by atoms with E-state index in [0.29, 0.717) is 11.6 Å². The van der Waals surface area contributed by atoms with Crippen molar-refractivity contribution in [1.82, 2.24) is 15.0 Å². The number of rotatable bonds is 3. The highest BCUT2D eigenvalue weighted by atomic mass is 35.5. The highest BCUT2D eigenvalue weighted by molar-refractivity contribution is 7.99. The minimum absolute atomic E-state index is 0.0405. The molecule has 1 fully saturated rings. The molecule has 2 aliphatic rings. The van der Waals surface area contributed by atoms with E-state index in [1.807, 2.05) is 13.0 Å². The van der Waals surface area contributed by atoms with Gasteiger partial charge in [0.1, 0.15) is 28.1 Å². The monoisotopic (exact) mass is 409 g/mol. The Morgan fingerprint density at radius 3 is 2.62 bits per heavy atom. The molecule has 136 valence electrons. The van der Waals surface area contributed by atoms with Crippen LogP contribution in [0.3, 0.4) is 0 Å². The van der Waals surface area contributed by atoms with Crippen LogP contribution in [0.15, 0.2) is 39.6 Å². The summed E-state index contributed by atoms with van der Waals surface area (Å²) in [6, 6.07) is 1.81.